The van der Waals surface area contributed by atoms with Crippen LogP contribution in [0.3, 0.4) is 0 Å². The second kappa shape index (κ2) is 7.03. The summed E-state index contributed by atoms with van der Waals surface area (Å²) in [7, 11) is 0. The molecular formula is C19H18N4OS. The van der Waals surface area contributed by atoms with E-state index in [1.165, 1.54) is 5.56 Å². The Bertz CT molecular complexity index is 850. The number of aromatic nitrogens is 2. The Morgan fingerprint density at radius 1 is 1.12 bits per heavy atom. The highest BCUT2D eigenvalue weighted by atomic mass is 32.1. The molecule has 3 heterocycles. The number of rotatable bonds is 4. The van der Waals surface area contributed by atoms with Crippen LogP contribution in [-0.2, 0) is 0 Å². The van der Waals surface area contributed by atoms with E-state index in [2.05, 4.69) is 27.4 Å². The number of nitrogens with zero attached hydrogens (tertiary/aromatic N) is 3. The smallest absolute Gasteiger partial charge is 0.272 e. The topological polar surface area (TPSA) is 58.1 Å². The Morgan fingerprint density at radius 2 is 1.96 bits per heavy atom. The Labute approximate surface area is 150 Å². The highest BCUT2D eigenvalue weighted by molar-refractivity contribution is 7.18. The molecule has 1 saturated heterocycles. The summed E-state index contributed by atoms with van der Waals surface area (Å²) in [6, 6.07) is 15.9. The molecule has 6 heteroatoms. The minimum Gasteiger partial charge on any atom is -0.357 e. The van der Waals surface area contributed by atoms with Gasteiger partial charge < -0.3 is 10.2 Å². The molecule has 1 N–H and O–H groups in total. The molecule has 2 aromatic heterocycles. The fourth-order valence-corrected chi connectivity index (χ4v) is 3.86. The molecule has 1 aromatic carbocycles. The molecule has 0 saturated carbocycles. The van der Waals surface area contributed by atoms with E-state index < -0.39 is 0 Å². The number of hydrogen-bond acceptors (Lipinski definition) is 5. The summed E-state index contributed by atoms with van der Waals surface area (Å²) in [4.78, 5) is 24.1. The summed E-state index contributed by atoms with van der Waals surface area (Å²) in [6.45, 7) is 1.42. The van der Waals surface area contributed by atoms with Crippen molar-refractivity contribution in [2.75, 3.05) is 18.4 Å². The van der Waals surface area contributed by atoms with E-state index in [9.17, 15) is 4.79 Å². The first-order chi connectivity index (χ1) is 12.3. The van der Waals surface area contributed by atoms with Crippen LogP contribution in [0.5, 0.6) is 0 Å². The van der Waals surface area contributed by atoms with Crippen molar-refractivity contribution in [2.45, 2.75) is 12.5 Å². The molecule has 1 fully saturated rings. The summed E-state index contributed by atoms with van der Waals surface area (Å²) in [5, 5.41) is 4.36. The molecule has 3 aromatic rings. The van der Waals surface area contributed by atoms with Crippen LogP contribution in [0.2, 0.25) is 0 Å². The van der Waals surface area contributed by atoms with Gasteiger partial charge in [0, 0.05) is 31.5 Å². The third-order valence-corrected chi connectivity index (χ3v) is 5.23. The van der Waals surface area contributed by atoms with Gasteiger partial charge in [0.25, 0.3) is 5.91 Å². The number of carbonyl (C=O) groups is 1. The third kappa shape index (κ3) is 3.53. The monoisotopic (exact) mass is 350 g/mol. The predicted octanol–water partition coefficient (Wildman–Crippen LogP) is 3.53. The van der Waals surface area contributed by atoms with Gasteiger partial charge in [0.05, 0.1) is 4.88 Å². The van der Waals surface area contributed by atoms with Crippen molar-refractivity contribution >= 4 is 22.4 Å². The first-order valence-electron chi connectivity index (χ1n) is 8.28. The van der Waals surface area contributed by atoms with Crippen LogP contribution in [0, 0.1) is 0 Å². The maximum absolute atomic E-state index is 12.5. The van der Waals surface area contributed by atoms with E-state index >= 15 is 0 Å². The minimum atomic E-state index is -0.00554. The zero-order chi connectivity index (χ0) is 17.1. The zero-order valence-electron chi connectivity index (χ0n) is 13.6. The SMILES string of the molecule is O=C(c1ccccn1)N1CCC(Nc2ncc(-c3ccccc3)s2)C1. The molecule has 0 radical (unpaired) electrons. The van der Waals surface area contributed by atoms with Gasteiger partial charge in [0.1, 0.15) is 5.69 Å². The Hall–Kier alpha value is -2.73. The molecule has 0 aliphatic carbocycles. The lowest BCUT2D eigenvalue weighted by Gasteiger charge is -2.16. The molecule has 1 amide bonds. The Morgan fingerprint density at radius 3 is 2.76 bits per heavy atom. The number of hydrogen-bond donors (Lipinski definition) is 1. The molecule has 1 atom stereocenters. The van der Waals surface area contributed by atoms with Crippen LogP contribution >= 0.6 is 11.3 Å². The maximum atomic E-state index is 12.5. The van der Waals surface area contributed by atoms with Crippen molar-refractivity contribution < 1.29 is 4.79 Å². The number of carbonyl (C=O) groups excluding carboxylic acids is 1. The first-order valence-corrected chi connectivity index (χ1v) is 9.09. The number of nitrogens with one attached hydrogen (secondary N) is 1. The first kappa shape index (κ1) is 15.8. The van der Waals surface area contributed by atoms with Crippen molar-refractivity contribution in [3.8, 4) is 10.4 Å². The molecule has 1 unspecified atom stereocenters. The van der Waals surface area contributed by atoms with Crippen LogP contribution in [0.25, 0.3) is 10.4 Å². The fourth-order valence-electron chi connectivity index (χ4n) is 2.97. The fraction of sp³-hybridized carbons (Fsp3) is 0.211. The van der Waals surface area contributed by atoms with Crippen LogP contribution < -0.4 is 5.32 Å². The van der Waals surface area contributed by atoms with Gasteiger partial charge in [-0.05, 0) is 24.1 Å². The number of likely N-dealkylation sites (tertiary alicyclic amines) is 1. The van der Waals surface area contributed by atoms with Crippen molar-refractivity contribution in [1.82, 2.24) is 14.9 Å². The van der Waals surface area contributed by atoms with E-state index in [0.29, 0.717) is 12.2 Å². The van der Waals surface area contributed by atoms with Crippen LogP contribution in [0.4, 0.5) is 5.13 Å². The molecule has 0 spiro atoms. The molecule has 0 bridgehead atoms. The molecule has 1 aliphatic heterocycles. The van der Waals surface area contributed by atoms with Crippen molar-refractivity contribution in [1.29, 1.82) is 0 Å². The second-order valence-electron chi connectivity index (χ2n) is 5.99. The highest BCUT2D eigenvalue weighted by Crippen LogP contribution is 2.29. The number of anilines is 1. The number of benzene rings is 1. The second-order valence-corrected chi connectivity index (χ2v) is 7.02. The lowest BCUT2D eigenvalue weighted by Crippen LogP contribution is -2.32. The minimum absolute atomic E-state index is 0.00554. The Kier molecular flexibility index (Phi) is 4.43. The number of amides is 1. The standard InChI is InChI=1S/C19H18N4OS/c24-18(16-8-4-5-10-20-16)23-11-9-15(13-23)22-19-21-12-17(25-19)14-6-2-1-3-7-14/h1-8,10,12,15H,9,11,13H2,(H,21,22). The van der Waals surface area contributed by atoms with E-state index in [0.717, 1.165) is 23.0 Å². The van der Waals surface area contributed by atoms with E-state index in [-0.39, 0.29) is 11.9 Å². The average Bonchev–Trinajstić information content (AvgIpc) is 3.33. The van der Waals surface area contributed by atoms with Gasteiger partial charge in [-0.3, -0.25) is 9.78 Å². The summed E-state index contributed by atoms with van der Waals surface area (Å²) in [5.41, 5.74) is 1.68. The predicted molar refractivity (Wildman–Crippen MR) is 99.7 cm³/mol. The molecule has 4 rings (SSSR count). The summed E-state index contributed by atoms with van der Waals surface area (Å²) in [6.07, 6.45) is 4.46. The van der Waals surface area contributed by atoms with Crippen LogP contribution in [-0.4, -0.2) is 39.9 Å². The molecule has 25 heavy (non-hydrogen) atoms. The summed E-state index contributed by atoms with van der Waals surface area (Å²) in [5.74, 6) is -0.00554. The number of thiazole rings is 1. The Balaban J connectivity index is 1.39. The van der Waals surface area contributed by atoms with Gasteiger partial charge in [-0.15, -0.1) is 0 Å². The molecule has 126 valence electrons. The quantitative estimate of drug-likeness (QED) is 0.782. The molecular weight excluding hydrogens is 332 g/mol. The van der Waals surface area contributed by atoms with E-state index in [1.807, 2.05) is 41.4 Å². The van der Waals surface area contributed by atoms with Gasteiger partial charge in [-0.25, -0.2) is 4.98 Å². The molecule has 5 nitrogen and oxygen atoms in total. The highest BCUT2D eigenvalue weighted by Gasteiger charge is 2.27. The largest absolute Gasteiger partial charge is 0.357 e. The van der Waals surface area contributed by atoms with Gasteiger partial charge in [-0.2, -0.15) is 0 Å². The van der Waals surface area contributed by atoms with Gasteiger partial charge >= 0.3 is 0 Å². The van der Waals surface area contributed by atoms with E-state index in [1.54, 1.807) is 23.6 Å². The zero-order valence-corrected chi connectivity index (χ0v) is 14.4. The maximum Gasteiger partial charge on any atom is 0.272 e. The lowest BCUT2D eigenvalue weighted by atomic mass is 10.2. The average molecular weight is 350 g/mol. The third-order valence-electron chi connectivity index (χ3n) is 4.25. The lowest BCUT2D eigenvalue weighted by molar-refractivity contribution is 0.0786. The van der Waals surface area contributed by atoms with Crippen LogP contribution in [0.1, 0.15) is 16.9 Å². The van der Waals surface area contributed by atoms with Crippen LogP contribution in [0.15, 0.2) is 60.9 Å². The van der Waals surface area contributed by atoms with Crippen molar-refractivity contribution in [2.24, 2.45) is 0 Å². The van der Waals surface area contributed by atoms with Crippen molar-refractivity contribution in [3.05, 3.63) is 66.6 Å². The van der Waals surface area contributed by atoms with Gasteiger partial charge in [0.2, 0.25) is 0 Å². The number of pyridine rings is 1. The van der Waals surface area contributed by atoms with Crippen molar-refractivity contribution in [3.63, 3.8) is 0 Å². The molecule has 1 aliphatic rings. The van der Waals surface area contributed by atoms with Gasteiger partial charge in [0.15, 0.2) is 5.13 Å². The summed E-state index contributed by atoms with van der Waals surface area (Å²) >= 11 is 1.64. The van der Waals surface area contributed by atoms with E-state index in [4.69, 9.17) is 0 Å². The normalized spacial score (nSPS) is 16.8. The van der Waals surface area contributed by atoms with Gasteiger partial charge in [-0.1, -0.05) is 47.7 Å². The summed E-state index contributed by atoms with van der Waals surface area (Å²) < 4.78 is 0.